The highest BCUT2D eigenvalue weighted by atomic mass is 15.0. The van der Waals surface area contributed by atoms with Crippen LogP contribution in [0.4, 0.5) is 0 Å². The maximum atomic E-state index is 6.23. The number of hydrogen-bond donors (Lipinski definition) is 1. The summed E-state index contributed by atoms with van der Waals surface area (Å²) in [5.74, 6) is -0.0848. The van der Waals surface area contributed by atoms with Crippen molar-refractivity contribution in [3.8, 4) is 0 Å². The first-order valence-electron chi connectivity index (χ1n) is 8.18. The minimum Gasteiger partial charge on any atom is -0.378 e. The molecule has 3 rings (SSSR count). The molecule has 1 atom stereocenters. The van der Waals surface area contributed by atoms with Crippen molar-refractivity contribution in [2.45, 2.75) is 32.5 Å². The van der Waals surface area contributed by atoms with E-state index in [1.807, 2.05) is 18.4 Å². The molecule has 0 aromatic rings. The number of allylic oxidation sites excluding steroid dienone is 9. The van der Waals surface area contributed by atoms with E-state index in [9.17, 15) is 0 Å². The zero-order valence-electron chi connectivity index (χ0n) is 14.0. The van der Waals surface area contributed by atoms with E-state index >= 15 is 0 Å². The van der Waals surface area contributed by atoms with Crippen LogP contribution in [0.5, 0.6) is 0 Å². The molecule has 1 fully saturated rings. The second kappa shape index (κ2) is 6.23. The van der Waals surface area contributed by atoms with E-state index in [-0.39, 0.29) is 11.2 Å². The predicted octanol–water partition coefficient (Wildman–Crippen LogP) is 4.18. The van der Waals surface area contributed by atoms with Gasteiger partial charge in [-0.25, -0.2) is 0 Å². The Bertz CT molecular complexity index is 699. The van der Waals surface area contributed by atoms with Crippen molar-refractivity contribution in [1.82, 2.24) is 5.32 Å². The summed E-state index contributed by atoms with van der Waals surface area (Å²) in [5, 5.41) is 3.49. The zero-order chi connectivity index (χ0) is 16.4. The number of rotatable bonds is 3. The normalized spacial score (nSPS) is 25.4. The third-order valence-corrected chi connectivity index (χ3v) is 4.93. The number of hydrogen-bond acceptors (Lipinski definition) is 2. The number of fused-ring (bicyclic) bond motifs is 3. The molecule has 116 valence electrons. The molecule has 2 radical (unpaired) electrons. The van der Waals surface area contributed by atoms with Crippen molar-refractivity contribution in [1.29, 1.82) is 0 Å². The molecule has 0 saturated heterocycles. The van der Waals surface area contributed by atoms with Crippen molar-refractivity contribution in [3.05, 3.63) is 71.1 Å². The Morgan fingerprint density at radius 1 is 1.35 bits per heavy atom. The summed E-state index contributed by atoms with van der Waals surface area (Å²) in [6.45, 7) is 9.09. The fourth-order valence-electron chi connectivity index (χ4n) is 3.44. The highest BCUT2D eigenvalue weighted by molar-refractivity contribution is 6.14. The molecule has 1 aliphatic heterocycles. The van der Waals surface area contributed by atoms with Gasteiger partial charge in [-0.1, -0.05) is 62.0 Å². The smallest absolute Gasteiger partial charge is 0.0857 e. The molecule has 23 heavy (non-hydrogen) atoms. The molecule has 3 aliphatic rings. The first kappa shape index (κ1) is 15.9. The van der Waals surface area contributed by atoms with Gasteiger partial charge in [-0.3, -0.25) is 4.99 Å². The van der Waals surface area contributed by atoms with Gasteiger partial charge in [0.15, 0.2) is 0 Å². The number of nitrogens with one attached hydrogen (secondary N) is 1. The van der Waals surface area contributed by atoms with Crippen molar-refractivity contribution >= 4 is 14.1 Å². The summed E-state index contributed by atoms with van der Waals surface area (Å²) in [7, 11) is 6.23. The van der Waals surface area contributed by atoms with Crippen LogP contribution in [0.3, 0.4) is 0 Å². The minimum absolute atomic E-state index is 0.0258. The fourth-order valence-corrected chi connectivity index (χ4v) is 3.44. The largest absolute Gasteiger partial charge is 0.378 e. The molecule has 0 aromatic heterocycles. The Morgan fingerprint density at radius 3 is 2.96 bits per heavy atom. The maximum absolute atomic E-state index is 6.23. The van der Waals surface area contributed by atoms with E-state index in [1.165, 1.54) is 22.4 Å². The van der Waals surface area contributed by atoms with Gasteiger partial charge in [-0.15, -0.1) is 0 Å². The first-order valence-corrected chi connectivity index (χ1v) is 8.18. The van der Waals surface area contributed by atoms with Gasteiger partial charge in [0.1, 0.15) is 0 Å². The molecule has 1 unspecified atom stereocenters. The van der Waals surface area contributed by atoms with Crippen molar-refractivity contribution in [3.63, 3.8) is 0 Å². The van der Waals surface area contributed by atoms with Crippen LogP contribution in [-0.4, -0.2) is 20.6 Å². The van der Waals surface area contributed by atoms with Gasteiger partial charge in [0.25, 0.3) is 0 Å². The van der Waals surface area contributed by atoms with E-state index in [0.29, 0.717) is 0 Å². The molecule has 0 aromatic carbocycles. The molecule has 3 heteroatoms. The molecule has 1 saturated carbocycles. The molecule has 2 aliphatic carbocycles. The lowest BCUT2D eigenvalue weighted by molar-refractivity contribution is 0.481. The summed E-state index contributed by atoms with van der Waals surface area (Å²) in [5.41, 5.74) is 6.51. The maximum Gasteiger partial charge on any atom is 0.0857 e. The quantitative estimate of drug-likeness (QED) is 0.472. The van der Waals surface area contributed by atoms with Crippen LogP contribution in [0.15, 0.2) is 76.1 Å². The van der Waals surface area contributed by atoms with Crippen LogP contribution in [0.1, 0.15) is 26.7 Å². The van der Waals surface area contributed by atoms with Gasteiger partial charge in [0.2, 0.25) is 0 Å². The van der Waals surface area contributed by atoms with Crippen molar-refractivity contribution < 1.29 is 0 Å². The number of nitrogens with zero attached hydrogens (tertiary/aromatic N) is 1. The summed E-state index contributed by atoms with van der Waals surface area (Å²) in [6.07, 6.45) is 16.1. The summed E-state index contributed by atoms with van der Waals surface area (Å²) >= 11 is 0. The van der Waals surface area contributed by atoms with Crippen LogP contribution in [-0.2, 0) is 0 Å². The molecule has 0 amide bonds. The third-order valence-electron chi connectivity index (χ3n) is 4.93. The average Bonchev–Trinajstić information content (AvgIpc) is 2.70. The lowest BCUT2D eigenvalue weighted by Crippen LogP contribution is -2.27. The fraction of sp³-hybridized carbons (Fsp3) is 0.350. The first-order chi connectivity index (χ1) is 11.0. The Morgan fingerprint density at radius 2 is 2.17 bits per heavy atom. The van der Waals surface area contributed by atoms with Gasteiger partial charge in [-0.05, 0) is 30.3 Å². The molecule has 2 nitrogen and oxygen atoms in total. The highest BCUT2D eigenvalue weighted by Crippen LogP contribution is 2.49. The SMILES string of the molecule is [B]C(/C=C\C=C)/C=C1\CC2=C3NCC=NC3=CC=C(C2)C1(C)C. The lowest BCUT2D eigenvalue weighted by Gasteiger charge is -2.38. The Balaban J connectivity index is 2.02. The van der Waals surface area contributed by atoms with Gasteiger partial charge in [-0.2, -0.15) is 0 Å². The van der Waals surface area contributed by atoms with E-state index in [2.05, 4.69) is 49.0 Å². The minimum atomic E-state index is -0.0848. The Kier molecular flexibility index (Phi) is 4.30. The van der Waals surface area contributed by atoms with Gasteiger partial charge < -0.3 is 5.32 Å². The topological polar surface area (TPSA) is 24.4 Å². The molecule has 2 bridgehead atoms. The summed E-state index contributed by atoms with van der Waals surface area (Å²) in [6, 6.07) is 0. The Labute approximate surface area is 140 Å². The van der Waals surface area contributed by atoms with E-state index in [0.717, 1.165) is 25.1 Å². The molecule has 0 spiro atoms. The highest BCUT2D eigenvalue weighted by Gasteiger charge is 2.35. The number of aliphatic imine (C=N–C) groups is 1. The standard InChI is InChI=1S/C20H23BN2/c1-4-5-6-17(21)13-16-12-14-11-15(20(16,2)3)7-8-18-19(14)23-10-9-22-18/h4-9,13,17,23H,1,10-12H2,2-3H3/b6-5-,16-13+. The van der Waals surface area contributed by atoms with E-state index < -0.39 is 0 Å². The lowest BCUT2D eigenvalue weighted by atomic mass is 9.66. The second-order valence-corrected chi connectivity index (χ2v) is 6.78. The predicted molar refractivity (Wildman–Crippen MR) is 99.6 cm³/mol. The average molecular weight is 302 g/mol. The van der Waals surface area contributed by atoms with Crippen LogP contribution < -0.4 is 5.32 Å². The molecule has 1 N–H and O–H groups in total. The van der Waals surface area contributed by atoms with Crippen LogP contribution in [0, 0.1) is 5.41 Å². The third kappa shape index (κ3) is 3.05. The van der Waals surface area contributed by atoms with Crippen LogP contribution >= 0.6 is 0 Å². The van der Waals surface area contributed by atoms with Gasteiger partial charge in [0.05, 0.1) is 25.8 Å². The van der Waals surface area contributed by atoms with Crippen LogP contribution in [0.2, 0.25) is 5.82 Å². The van der Waals surface area contributed by atoms with Gasteiger partial charge in [0, 0.05) is 11.6 Å². The van der Waals surface area contributed by atoms with Crippen molar-refractivity contribution in [2.75, 3.05) is 6.54 Å². The van der Waals surface area contributed by atoms with E-state index in [4.69, 9.17) is 7.85 Å². The van der Waals surface area contributed by atoms with Gasteiger partial charge >= 0.3 is 0 Å². The van der Waals surface area contributed by atoms with Crippen LogP contribution in [0.25, 0.3) is 0 Å². The zero-order valence-corrected chi connectivity index (χ0v) is 14.0. The monoisotopic (exact) mass is 302 g/mol. The van der Waals surface area contributed by atoms with Crippen molar-refractivity contribution in [2.24, 2.45) is 10.4 Å². The van der Waals surface area contributed by atoms with E-state index in [1.54, 1.807) is 6.08 Å². The summed E-state index contributed by atoms with van der Waals surface area (Å²) < 4.78 is 0. The second-order valence-electron chi connectivity index (χ2n) is 6.78. The Hall–Kier alpha value is -2.03. The molecular weight excluding hydrogens is 279 g/mol. The molecular formula is C20H23BN2. The summed E-state index contributed by atoms with van der Waals surface area (Å²) in [4.78, 5) is 4.55. The molecule has 1 heterocycles.